The predicted molar refractivity (Wildman–Crippen MR) is 115 cm³/mol. The van der Waals surface area contributed by atoms with Crippen LogP contribution >= 0.6 is 0 Å². The number of aliphatic imine (C=N–C) groups is 1. The molecule has 1 aliphatic rings. The Hall–Kier alpha value is -3.15. The van der Waals surface area contributed by atoms with Crippen molar-refractivity contribution in [3.8, 4) is 5.75 Å². The van der Waals surface area contributed by atoms with Crippen molar-refractivity contribution in [3.63, 3.8) is 0 Å². The molecule has 0 unspecified atom stereocenters. The molecule has 146 valence electrons. The van der Waals surface area contributed by atoms with E-state index in [2.05, 4.69) is 67.6 Å². The monoisotopic (exact) mass is 377 g/mol. The SMILES string of the molecule is CN=C(NCc1cc2ccccc2[nH]1)N1CCN(c2ccc(OC)cc2)CC1. The Kier molecular flexibility index (Phi) is 5.37. The number of H-pyrrole nitrogens is 1. The molecule has 0 amide bonds. The maximum absolute atomic E-state index is 5.25. The van der Waals surface area contributed by atoms with Crippen molar-refractivity contribution in [1.82, 2.24) is 15.2 Å². The van der Waals surface area contributed by atoms with Gasteiger partial charge in [-0.05, 0) is 41.8 Å². The summed E-state index contributed by atoms with van der Waals surface area (Å²) in [4.78, 5) is 12.7. The van der Waals surface area contributed by atoms with E-state index in [0.717, 1.165) is 44.4 Å². The molecule has 2 heterocycles. The van der Waals surface area contributed by atoms with Gasteiger partial charge in [0, 0.05) is 50.1 Å². The highest BCUT2D eigenvalue weighted by Gasteiger charge is 2.20. The summed E-state index contributed by atoms with van der Waals surface area (Å²) in [6.07, 6.45) is 0. The third-order valence-electron chi connectivity index (χ3n) is 5.25. The number of guanidine groups is 1. The topological polar surface area (TPSA) is 55.9 Å². The number of methoxy groups -OCH3 is 1. The fraction of sp³-hybridized carbons (Fsp3) is 0.318. The molecule has 6 heteroatoms. The quantitative estimate of drug-likeness (QED) is 0.542. The van der Waals surface area contributed by atoms with Crippen LogP contribution in [0.25, 0.3) is 10.9 Å². The van der Waals surface area contributed by atoms with Gasteiger partial charge in [-0.2, -0.15) is 0 Å². The molecule has 3 aromatic rings. The summed E-state index contributed by atoms with van der Waals surface area (Å²) >= 11 is 0. The van der Waals surface area contributed by atoms with E-state index >= 15 is 0 Å². The lowest BCUT2D eigenvalue weighted by Crippen LogP contribution is -2.52. The van der Waals surface area contributed by atoms with Crippen LogP contribution in [0.5, 0.6) is 5.75 Å². The van der Waals surface area contributed by atoms with Gasteiger partial charge < -0.3 is 24.8 Å². The van der Waals surface area contributed by atoms with Crippen LogP contribution in [0.3, 0.4) is 0 Å². The van der Waals surface area contributed by atoms with E-state index in [1.54, 1.807) is 7.11 Å². The molecule has 0 bridgehead atoms. The smallest absolute Gasteiger partial charge is 0.194 e. The Morgan fingerprint density at radius 1 is 1.07 bits per heavy atom. The zero-order chi connectivity index (χ0) is 19.3. The standard InChI is InChI=1S/C22H27N5O/c1-23-22(24-16-18-15-17-5-3-4-6-21(17)25-18)27-13-11-26(12-14-27)19-7-9-20(28-2)10-8-19/h3-10,15,25H,11-14,16H2,1-2H3,(H,23,24). The number of nitrogens with one attached hydrogen (secondary N) is 2. The van der Waals surface area contributed by atoms with E-state index in [4.69, 9.17) is 4.74 Å². The van der Waals surface area contributed by atoms with Crippen molar-refractivity contribution in [2.24, 2.45) is 4.99 Å². The first-order valence-electron chi connectivity index (χ1n) is 9.68. The van der Waals surface area contributed by atoms with Crippen molar-refractivity contribution in [3.05, 3.63) is 60.3 Å². The number of aromatic amines is 1. The highest BCUT2D eigenvalue weighted by molar-refractivity contribution is 5.82. The van der Waals surface area contributed by atoms with Crippen LogP contribution in [-0.4, -0.2) is 56.2 Å². The van der Waals surface area contributed by atoms with Gasteiger partial charge >= 0.3 is 0 Å². The largest absolute Gasteiger partial charge is 0.497 e. The summed E-state index contributed by atoms with van der Waals surface area (Å²) in [5, 5.41) is 4.73. The highest BCUT2D eigenvalue weighted by atomic mass is 16.5. The number of aromatic nitrogens is 1. The third kappa shape index (κ3) is 3.91. The van der Waals surface area contributed by atoms with Crippen LogP contribution in [-0.2, 0) is 6.54 Å². The molecule has 1 aliphatic heterocycles. The van der Waals surface area contributed by atoms with Gasteiger partial charge in [-0.1, -0.05) is 18.2 Å². The molecule has 1 aromatic heterocycles. The van der Waals surface area contributed by atoms with E-state index < -0.39 is 0 Å². The summed E-state index contributed by atoms with van der Waals surface area (Å²) in [7, 11) is 3.55. The lowest BCUT2D eigenvalue weighted by molar-refractivity contribution is 0.372. The van der Waals surface area contributed by atoms with E-state index in [1.165, 1.54) is 22.3 Å². The lowest BCUT2D eigenvalue weighted by atomic mass is 10.2. The Balaban J connectivity index is 1.33. The van der Waals surface area contributed by atoms with Gasteiger partial charge in [0.05, 0.1) is 13.7 Å². The number of benzene rings is 2. The summed E-state index contributed by atoms with van der Waals surface area (Å²) in [6, 6.07) is 18.8. The Labute approximate surface area is 165 Å². The minimum Gasteiger partial charge on any atom is -0.497 e. The summed E-state index contributed by atoms with van der Waals surface area (Å²) in [5.41, 5.74) is 3.57. The van der Waals surface area contributed by atoms with Crippen molar-refractivity contribution in [2.45, 2.75) is 6.54 Å². The maximum atomic E-state index is 5.25. The van der Waals surface area contributed by atoms with Crippen molar-refractivity contribution < 1.29 is 4.74 Å². The van der Waals surface area contributed by atoms with Gasteiger partial charge in [-0.3, -0.25) is 4.99 Å². The van der Waals surface area contributed by atoms with Crippen LogP contribution in [0.2, 0.25) is 0 Å². The number of fused-ring (bicyclic) bond motifs is 1. The minimum atomic E-state index is 0.736. The Bertz CT molecular complexity index is 906. The average Bonchev–Trinajstić information content (AvgIpc) is 3.18. The van der Waals surface area contributed by atoms with Crippen LogP contribution in [0.15, 0.2) is 59.6 Å². The molecule has 1 fully saturated rings. The fourth-order valence-electron chi connectivity index (χ4n) is 3.70. The van der Waals surface area contributed by atoms with Crippen LogP contribution in [0.1, 0.15) is 5.69 Å². The number of hydrogen-bond donors (Lipinski definition) is 2. The Morgan fingerprint density at radius 2 is 1.82 bits per heavy atom. The van der Waals surface area contributed by atoms with E-state index in [1.807, 2.05) is 19.2 Å². The van der Waals surface area contributed by atoms with E-state index in [9.17, 15) is 0 Å². The fourth-order valence-corrected chi connectivity index (χ4v) is 3.70. The summed E-state index contributed by atoms with van der Waals surface area (Å²) in [6.45, 7) is 4.57. The number of rotatable bonds is 4. The summed E-state index contributed by atoms with van der Waals surface area (Å²) in [5.74, 6) is 1.84. The molecule has 2 N–H and O–H groups in total. The number of ether oxygens (including phenoxy) is 1. The number of nitrogens with zero attached hydrogens (tertiary/aromatic N) is 3. The van der Waals surface area contributed by atoms with Crippen molar-refractivity contribution in [2.75, 3.05) is 45.2 Å². The number of hydrogen-bond acceptors (Lipinski definition) is 3. The highest BCUT2D eigenvalue weighted by Crippen LogP contribution is 2.20. The molecule has 28 heavy (non-hydrogen) atoms. The van der Waals surface area contributed by atoms with Crippen LogP contribution in [0.4, 0.5) is 5.69 Å². The first kappa shape index (κ1) is 18.2. The molecule has 1 saturated heterocycles. The van der Waals surface area contributed by atoms with Crippen molar-refractivity contribution >= 4 is 22.5 Å². The van der Waals surface area contributed by atoms with Gasteiger partial charge in [0.2, 0.25) is 0 Å². The van der Waals surface area contributed by atoms with Crippen LogP contribution < -0.4 is 15.0 Å². The average molecular weight is 377 g/mol. The predicted octanol–water partition coefficient (Wildman–Crippen LogP) is 3.07. The summed E-state index contributed by atoms with van der Waals surface area (Å²) < 4.78 is 5.25. The van der Waals surface area contributed by atoms with Gasteiger partial charge in [0.15, 0.2) is 5.96 Å². The van der Waals surface area contributed by atoms with Gasteiger partial charge in [-0.25, -0.2) is 0 Å². The first-order chi connectivity index (χ1) is 13.8. The molecule has 2 aromatic carbocycles. The first-order valence-corrected chi connectivity index (χ1v) is 9.68. The molecule has 0 aliphatic carbocycles. The van der Waals surface area contributed by atoms with Gasteiger partial charge in [0.25, 0.3) is 0 Å². The third-order valence-corrected chi connectivity index (χ3v) is 5.25. The normalized spacial score (nSPS) is 15.1. The maximum Gasteiger partial charge on any atom is 0.194 e. The molecule has 6 nitrogen and oxygen atoms in total. The molecule has 0 saturated carbocycles. The van der Waals surface area contributed by atoms with Gasteiger partial charge in [0.1, 0.15) is 5.75 Å². The second-order valence-corrected chi connectivity index (χ2v) is 6.95. The molecule has 0 radical (unpaired) electrons. The number of para-hydroxylation sites is 1. The molecular weight excluding hydrogens is 350 g/mol. The van der Waals surface area contributed by atoms with E-state index in [0.29, 0.717) is 0 Å². The van der Waals surface area contributed by atoms with Crippen LogP contribution in [0, 0.1) is 0 Å². The zero-order valence-electron chi connectivity index (χ0n) is 16.5. The van der Waals surface area contributed by atoms with Gasteiger partial charge in [-0.15, -0.1) is 0 Å². The second-order valence-electron chi connectivity index (χ2n) is 6.95. The number of piperazine rings is 1. The second kappa shape index (κ2) is 8.25. The molecule has 0 spiro atoms. The molecule has 4 rings (SSSR count). The molecule has 0 atom stereocenters. The Morgan fingerprint density at radius 3 is 2.50 bits per heavy atom. The lowest BCUT2D eigenvalue weighted by Gasteiger charge is -2.37. The zero-order valence-corrected chi connectivity index (χ0v) is 16.5. The minimum absolute atomic E-state index is 0.736. The van der Waals surface area contributed by atoms with E-state index in [-0.39, 0.29) is 0 Å². The number of anilines is 1. The molecular formula is C22H27N5O. The van der Waals surface area contributed by atoms with Crippen molar-refractivity contribution in [1.29, 1.82) is 0 Å².